The van der Waals surface area contributed by atoms with Crippen LogP contribution in [0.25, 0.3) is 0 Å². The van der Waals surface area contributed by atoms with Crippen molar-refractivity contribution in [3.63, 3.8) is 0 Å². The van der Waals surface area contributed by atoms with E-state index < -0.39 is 0 Å². The Morgan fingerprint density at radius 1 is 1.12 bits per heavy atom. The Morgan fingerprint density at radius 3 is 2.38 bits per heavy atom. The number of carbonyl (C=O) groups excluding carboxylic acids is 1. The zero-order valence-corrected chi connectivity index (χ0v) is 10.9. The highest BCUT2D eigenvalue weighted by molar-refractivity contribution is 7.97. The van der Waals surface area contributed by atoms with Crippen molar-refractivity contribution in [2.24, 2.45) is 0 Å². The van der Waals surface area contributed by atoms with Gasteiger partial charge in [0.1, 0.15) is 17.3 Å². The molecular formula is C13H17ClOS. The van der Waals surface area contributed by atoms with E-state index in [4.69, 9.17) is 0 Å². The van der Waals surface area contributed by atoms with Gasteiger partial charge in [0.2, 0.25) is 0 Å². The summed E-state index contributed by atoms with van der Waals surface area (Å²) in [5.74, 6) is 4.16. The minimum Gasteiger partial charge on any atom is -1.00 e. The SMILES string of the molecule is O=C(CC[S+]1CCCC1)c1ccccc1.[Cl-]. The van der Waals surface area contributed by atoms with E-state index in [2.05, 4.69) is 0 Å². The quantitative estimate of drug-likeness (QED) is 0.533. The van der Waals surface area contributed by atoms with E-state index in [9.17, 15) is 4.79 Å². The molecule has 1 aliphatic rings. The van der Waals surface area contributed by atoms with Crippen LogP contribution in [0.2, 0.25) is 0 Å². The van der Waals surface area contributed by atoms with Crippen LogP contribution in [0.4, 0.5) is 0 Å². The fourth-order valence-corrected chi connectivity index (χ4v) is 4.24. The molecule has 3 heteroatoms. The van der Waals surface area contributed by atoms with Gasteiger partial charge in [-0.2, -0.15) is 0 Å². The molecule has 0 saturated carbocycles. The molecule has 88 valence electrons. The number of benzene rings is 1. The maximum atomic E-state index is 11.8. The standard InChI is InChI=1S/C13H17OS.ClH/c14-13(12-6-2-1-3-7-12)8-11-15-9-4-5-10-15;/h1-3,6-7H,4-5,8-11H2;1H/q+1;/p-1. The second-order valence-corrected chi connectivity index (χ2v) is 6.42. The lowest BCUT2D eigenvalue weighted by Crippen LogP contribution is -3.00. The van der Waals surface area contributed by atoms with Gasteiger partial charge in [0.25, 0.3) is 0 Å². The predicted octanol–water partition coefficient (Wildman–Crippen LogP) is -0.324. The first-order valence-corrected chi connectivity index (χ1v) is 7.32. The third-order valence-electron chi connectivity index (χ3n) is 2.83. The molecule has 16 heavy (non-hydrogen) atoms. The minimum atomic E-state index is 0. The van der Waals surface area contributed by atoms with Crippen molar-refractivity contribution in [2.45, 2.75) is 19.3 Å². The van der Waals surface area contributed by atoms with Crippen molar-refractivity contribution in [2.75, 3.05) is 17.3 Å². The Morgan fingerprint density at radius 2 is 1.75 bits per heavy atom. The largest absolute Gasteiger partial charge is 1.00 e. The van der Waals surface area contributed by atoms with Crippen LogP contribution in [0.1, 0.15) is 29.6 Å². The van der Waals surface area contributed by atoms with Gasteiger partial charge in [-0.25, -0.2) is 0 Å². The molecule has 0 radical (unpaired) electrons. The molecule has 0 atom stereocenters. The van der Waals surface area contributed by atoms with Crippen molar-refractivity contribution in [3.8, 4) is 0 Å². The fraction of sp³-hybridized carbons (Fsp3) is 0.462. The number of hydrogen-bond acceptors (Lipinski definition) is 1. The molecule has 0 unspecified atom stereocenters. The van der Waals surface area contributed by atoms with Crippen molar-refractivity contribution in [1.29, 1.82) is 0 Å². The number of Topliss-reactive ketones (excluding diaryl/α,β-unsaturated/α-hetero) is 1. The first-order chi connectivity index (χ1) is 7.36. The summed E-state index contributed by atoms with van der Waals surface area (Å²) >= 11 is 0. The van der Waals surface area contributed by atoms with Crippen LogP contribution < -0.4 is 12.4 Å². The van der Waals surface area contributed by atoms with Crippen LogP contribution in [-0.4, -0.2) is 23.0 Å². The van der Waals surface area contributed by atoms with E-state index in [-0.39, 0.29) is 12.4 Å². The molecule has 0 aliphatic carbocycles. The summed E-state index contributed by atoms with van der Waals surface area (Å²) in [6.45, 7) is 0. The van der Waals surface area contributed by atoms with Gasteiger partial charge in [-0.15, -0.1) is 0 Å². The summed E-state index contributed by atoms with van der Waals surface area (Å²) in [6, 6.07) is 9.66. The molecule has 1 aromatic rings. The molecule has 0 amide bonds. The molecule has 1 nitrogen and oxygen atoms in total. The number of carbonyl (C=O) groups is 1. The summed E-state index contributed by atoms with van der Waals surface area (Å²) < 4.78 is 0. The van der Waals surface area contributed by atoms with Crippen LogP contribution in [0.15, 0.2) is 30.3 Å². The van der Waals surface area contributed by atoms with Crippen LogP contribution in [0.5, 0.6) is 0 Å². The Balaban J connectivity index is 0.00000128. The van der Waals surface area contributed by atoms with Crippen molar-refractivity contribution >= 4 is 16.7 Å². The van der Waals surface area contributed by atoms with E-state index in [1.54, 1.807) is 0 Å². The molecule has 1 heterocycles. The van der Waals surface area contributed by atoms with E-state index in [0.29, 0.717) is 16.7 Å². The van der Waals surface area contributed by atoms with Crippen molar-refractivity contribution in [1.82, 2.24) is 0 Å². The van der Waals surface area contributed by atoms with Crippen LogP contribution in [0.3, 0.4) is 0 Å². The highest BCUT2D eigenvalue weighted by atomic mass is 35.5. The third kappa shape index (κ3) is 3.84. The summed E-state index contributed by atoms with van der Waals surface area (Å²) in [5, 5.41) is 0. The third-order valence-corrected chi connectivity index (χ3v) is 5.34. The van der Waals surface area contributed by atoms with Gasteiger partial charge in [0.05, 0.1) is 6.42 Å². The van der Waals surface area contributed by atoms with E-state index in [1.807, 2.05) is 30.3 Å². The van der Waals surface area contributed by atoms with Gasteiger partial charge in [-0.3, -0.25) is 4.79 Å². The molecule has 1 aromatic carbocycles. The molecule has 0 N–H and O–H groups in total. The van der Waals surface area contributed by atoms with E-state index >= 15 is 0 Å². The maximum Gasteiger partial charge on any atom is 0.167 e. The number of rotatable bonds is 4. The van der Waals surface area contributed by atoms with Gasteiger partial charge in [-0.1, -0.05) is 30.3 Å². The highest BCUT2D eigenvalue weighted by Gasteiger charge is 2.24. The number of hydrogen-bond donors (Lipinski definition) is 0. The molecule has 1 saturated heterocycles. The highest BCUT2D eigenvalue weighted by Crippen LogP contribution is 2.15. The Bertz CT molecular complexity index is 320. The van der Waals surface area contributed by atoms with Crippen molar-refractivity contribution < 1.29 is 17.2 Å². The molecule has 0 bridgehead atoms. The summed E-state index contributed by atoms with van der Waals surface area (Å²) in [4.78, 5) is 11.8. The summed E-state index contributed by atoms with van der Waals surface area (Å²) in [5.41, 5.74) is 0.875. The van der Waals surface area contributed by atoms with Crippen LogP contribution in [-0.2, 0) is 10.9 Å². The maximum absolute atomic E-state index is 11.8. The van der Waals surface area contributed by atoms with Gasteiger partial charge in [0.15, 0.2) is 5.78 Å². The van der Waals surface area contributed by atoms with Crippen LogP contribution >= 0.6 is 0 Å². The zero-order chi connectivity index (χ0) is 10.5. The van der Waals surface area contributed by atoms with Crippen LogP contribution in [0, 0.1) is 0 Å². The lowest BCUT2D eigenvalue weighted by Gasteiger charge is -2.01. The Hall–Kier alpha value is -0.470. The number of halogens is 1. The van der Waals surface area contributed by atoms with Gasteiger partial charge in [-0.05, 0) is 23.7 Å². The molecular weight excluding hydrogens is 240 g/mol. The van der Waals surface area contributed by atoms with E-state index in [0.717, 1.165) is 17.7 Å². The average molecular weight is 257 g/mol. The minimum absolute atomic E-state index is 0. The number of ketones is 1. The Labute approximate surface area is 106 Å². The topological polar surface area (TPSA) is 17.1 Å². The normalized spacial score (nSPS) is 15.8. The molecule has 0 spiro atoms. The Kier molecular flexibility index (Phi) is 5.93. The molecule has 1 fully saturated rings. The second-order valence-electron chi connectivity index (χ2n) is 3.97. The fourth-order valence-electron chi connectivity index (χ4n) is 1.92. The van der Waals surface area contributed by atoms with Gasteiger partial charge >= 0.3 is 0 Å². The lowest BCUT2D eigenvalue weighted by atomic mass is 10.1. The summed E-state index contributed by atoms with van der Waals surface area (Å²) in [7, 11) is 0.558. The molecule has 0 aromatic heterocycles. The molecule has 2 rings (SSSR count). The van der Waals surface area contributed by atoms with Gasteiger partial charge < -0.3 is 12.4 Å². The zero-order valence-electron chi connectivity index (χ0n) is 9.32. The van der Waals surface area contributed by atoms with E-state index in [1.165, 1.54) is 24.3 Å². The first kappa shape index (κ1) is 13.6. The molecule has 1 aliphatic heterocycles. The first-order valence-electron chi connectivity index (χ1n) is 5.58. The van der Waals surface area contributed by atoms with Crippen molar-refractivity contribution in [3.05, 3.63) is 35.9 Å². The monoisotopic (exact) mass is 256 g/mol. The van der Waals surface area contributed by atoms with Gasteiger partial charge in [0, 0.05) is 5.56 Å². The smallest absolute Gasteiger partial charge is 0.167 e. The summed E-state index contributed by atoms with van der Waals surface area (Å²) in [6.07, 6.45) is 3.50. The predicted molar refractivity (Wildman–Crippen MR) is 66.6 cm³/mol. The second kappa shape index (κ2) is 6.97. The lowest BCUT2D eigenvalue weighted by molar-refractivity contribution is -0.0000109. The average Bonchev–Trinajstić information content (AvgIpc) is 2.80.